The summed E-state index contributed by atoms with van der Waals surface area (Å²) in [7, 11) is 2.72. The summed E-state index contributed by atoms with van der Waals surface area (Å²) in [6.07, 6.45) is -0.132. The minimum atomic E-state index is -0.995. The van der Waals surface area contributed by atoms with E-state index in [0.29, 0.717) is 6.29 Å². The number of amides is 1. The Morgan fingerprint density at radius 1 is 1.38 bits per heavy atom. The summed E-state index contributed by atoms with van der Waals surface area (Å²) in [5.41, 5.74) is -0.425. The minimum Gasteiger partial charge on any atom is -0.493 e. The SMILES string of the molecule is COc1c(F)cccc1C(C=O)N(C)C(=O)OC(C)(C)C. The molecule has 1 aromatic carbocycles. The number of halogens is 1. The third-order valence-corrected chi connectivity index (χ3v) is 2.75. The normalized spacial score (nSPS) is 12.5. The van der Waals surface area contributed by atoms with E-state index < -0.39 is 23.6 Å². The number of rotatable bonds is 4. The van der Waals surface area contributed by atoms with Gasteiger partial charge in [-0.1, -0.05) is 12.1 Å². The molecule has 21 heavy (non-hydrogen) atoms. The molecule has 1 aromatic rings. The number of carbonyl (C=O) groups excluding carboxylic acids is 2. The number of methoxy groups -OCH3 is 1. The third kappa shape index (κ3) is 4.18. The quantitative estimate of drug-likeness (QED) is 0.802. The van der Waals surface area contributed by atoms with Gasteiger partial charge in [0.15, 0.2) is 11.6 Å². The van der Waals surface area contributed by atoms with E-state index in [0.717, 1.165) is 4.90 Å². The molecular formula is C15H20FNO4. The zero-order valence-electron chi connectivity index (χ0n) is 12.8. The molecule has 116 valence electrons. The first kappa shape index (κ1) is 16.9. The van der Waals surface area contributed by atoms with Gasteiger partial charge in [0.2, 0.25) is 0 Å². The molecule has 1 atom stereocenters. The highest BCUT2D eigenvalue weighted by molar-refractivity contribution is 5.75. The molecule has 0 bridgehead atoms. The molecule has 0 spiro atoms. The Morgan fingerprint density at radius 3 is 2.48 bits per heavy atom. The number of nitrogens with zero attached hydrogens (tertiary/aromatic N) is 1. The van der Waals surface area contributed by atoms with E-state index in [9.17, 15) is 14.0 Å². The van der Waals surface area contributed by atoms with Crippen molar-refractivity contribution in [3.63, 3.8) is 0 Å². The summed E-state index contributed by atoms with van der Waals surface area (Å²) >= 11 is 0. The lowest BCUT2D eigenvalue weighted by molar-refractivity contribution is -0.112. The number of carbonyl (C=O) groups is 2. The Labute approximate surface area is 123 Å². The zero-order chi connectivity index (χ0) is 16.2. The van der Waals surface area contributed by atoms with Crippen LogP contribution < -0.4 is 4.74 Å². The van der Waals surface area contributed by atoms with Crippen LogP contribution in [0.4, 0.5) is 9.18 Å². The van der Waals surface area contributed by atoms with E-state index in [1.54, 1.807) is 20.8 Å². The van der Waals surface area contributed by atoms with Crippen LogP contribution in [0.5, 0.6) is 5.75 Å². The van der Waals surface area contributed by atoms with Crippen LogP contribution >= 0.6 is 0 Å². The second-order valence-electron chi connectivity index (χ2n) is 5.53. The maximum absolute atomic E-state index is 13.7. The summed E-state index contributed by atoms with van der Waals surface area (Å²) in [5.74, 6) is -0.663. The Morgan fingerprint density at radius 2 is 2.00 bits per heavy atom. The van der Waals surface area contributed by atoms with Gasteiger partial charge in [-0.15, -0.1) is 0 Å². The van der Waals surface area contributed by atoms with Crippen LogP contribution in [0.25, 0.3) is 0 Å². The van der Waals surface area contributed by atoms with Gasteiger partial charge >= 0.3 is 6.09 Å². The van der Waals surface area contributed by atoms with Gasteiger partial charge in [0, 0.05) is 12.6 Å². The molecule has 0 aliphatic rings. The molecule has 0 aliphatic carbocycles. The molecule has 1 amide bonds. The van der Waals surface area contributed by atoms with Crippen LogP contribution in [-0.2, 0) is 9.53 Å². The van der Waals surface area contributed by atoms with Crippen LogP contribution in [0.2, 0.25) is 0 Å². The van der Waals surface area contributed by atoms with E-state index >= 15 is 0 Å². The van der Waals surface area contributed by atoms with Gasteiger partial charge in [0.1, 0.15) is 17.9 Å². The van der Waals surface area contributed by atoms with Crippen molar-refractivity contribution in [3.05, 3.63) is 29.6 Å². The molecule has 0 fully saturated rings. The van der Waals surface area contributed by atoms with Gasteiger partial charge in [0.05, 0.1) is 7.11 Å². The number of para-hydroxylation sites is 1. The molecule has 0 saturated heterocycles. The van der Waals surface area contributed by atoms with Crippen LogP contribution in [-0.4, -0.2) is 37.0 Å². The summed E-state index contributed by atoms with van der Waals surface area (Å²) in [6.45, 7) is 5.16. The highest BCUT2D eigenvalue weighted by atomic mass is 19.1. The third-order valence-electron chi connectivity index (χ3n) is 2.75. The average molecular weight is 297 g/mol. The Bertz CT molecular complexity index is 525. The maximum Gasteiger partial charge on any atom is 0.410 e. The largest absolute Gasteiger partial charge is 0.493 e. The fourth-order valence-electron chi connectivity index (χ4n) is 1.79. The van der Waals surface area contributed by atoms with Crippen molar-refractivity contribution >= 4 is 12.4 Å². The van der Waals surface area contributed by atoms with Gasteiger partial charge in [-0.05, 0) is 26.8 Å². The van der Waals surface area contributed by atoms with Crippen molar-refractivity contribution in [1.29, 1.82) is 0 Å². The highest BCUT2D eigenvalue weighted by Crippen LogP contribution is 2.30. The maximum atomic E-state index is 13.7. The number of likely N-dealkylation sites (N-methyl/N-ethyl adjacent to an activating group) is 1. The first-order chi connectivity index (χ1) is 9.71. The highest BCUT2D eigenvalue weighted by Gasteiger charge is 2.28. The van der Waals surface area contributed by atoms with Gasteiger partial charge in [-0.3, -0.25) is 4.90 Å². The molecule has 5 nitrogen and oxygen atoms in total. The smallest absolute Gasteiger partial charge is 0.410 e. The average Bonchev–Trinajstić information content (AvgIpc) is 2.37. The molecule has 0 aliphatic heterocycles. The number of aldehydes is 1. The van der Waals surface area contributed by atoms with Crippen molar-refractivity contribution in [2.75, 3.05) is 14.2 Å². The topological polar surface area (TPSA) is 55.8 Å². The van der Waals surface area contributed by atoms with Crippen molar-refractivity contribution < 1.29 is 23.5 Å². The lowest BCUT2D eigenvalue weighted by atomic mass is 10.1. The van der Waals surface area contributed by atoms with E-state index in [4.69, 9.17) is 9.47 Å². The molecular weight excluding hydrogens is 277 g/mol. The fourth-order valence-corrected chi connectivity index (χ4v) is 1.79. The Hall–Kier alpha value is -2.11. The summed E-state index contributed by atoms with van der Waals surface area (Å²) in [5, 5.41) is 0. The summed E-state index contributed by atoms with van der Waals surface area (Å²) in [6, 6.07) is 3.21. The standard InChI is InChI=1S/C15H20FNO4/c1-15(2,3)21-14(19)17(4)12(9-18)10-7-6-8-11(16)13(10)20-5/h6-9,12H,1-5H3. The van der Waals surface area contributed by atoms with Crippen molar-refractivity contribution in [3.8, 4) is 5.75 Å². The fraction of sp³-hybridized carbons (Fsp3) is 0.467. The number of hydrogen-bond donors (Lipinski definition) is 0. The van der Waals surface area contributed by atoms with E-state index in [1.165, 1.54) is 32.4 Å². The Kier molecular flexibility index (Phi) is 5.29. The van der Waals surface area contributed by atoms with Crippen LogP contribution in [0.1, 0.15) is 32.4 Å². The second-order valence-corrected chi connectivity index (χ2v) is 5.53. The summed E-state index contributed by atoms with van der Waals surface area (Å²) in [4.78, 5) is 24.5. The van der Waals surface area contributed by atoms with E-state index in [2.05, 4.69) is 0 Å². The van der Waals surface area contributed by atoms with E-state index in [1.807, 2.05) is 0 Å². The van der Waals surface area contributed by atoms with E-state index in [-0.39, 0.29) is 11.3 Å². The van der Waals surface area contributed by atoms with Gasteiger partial charge in [0.25, 0.3) is 0 Å². The molecule has 0 aromatic heterocycles. The van der Waals surface area contributed by atoms with Crippen molar-refractivity contribution in [1.82, 2.24) is 4.90 Å². The van der Waals surface area contributed by atoms with Crippen molar-refractivity contribution in [2.45, 2.75) is 32.4 Å². The molecule has 0 saturated carbocycles. The Balaban J connectivity index is 3.11. The molecule has 0 N–H and O–H groups in total. The lowest BCUT2D eigenvalue weighted by Crippen LogP contribution is -2.37. The van der Waals surface area contributed by atoms with Crippen LogP contribution in [0, 0.1) is 5.82 Å². The molecule has 0 radical (unpaired) electrons. The zero-order valence-corrected chi connectivity index (χ0v) is 12.8. The molecule has 0 heterocycles. The predicted octanol–water partition coefficient (Wildman–Crippen LogP) is 2.94. The van der Waals surface area contributed by atoms with Crippen molar-refractivity contribution in [2.24, 2.45) is 0 Å². The van der Waals surface area contributed by atoms with Gasteiger partial charge in [-0.25, -0.2) is 9.18 Å². The second kappa shape index (κ2) is 6.56. The predicted molar refractivity (Wildman–Crippen MR) is 75.8 cm³/mol. The lowest BCUT2D eigenvalue weighted by Gasteiger charge is -2.28. The van der Waals surface area contributed by atoms with Gasteiger partial charge < -0.3 is 14.3 Å². The number of benzene rings is 1. The molecule has 1 unspecified atom stereocenters. The van der Waals surface area contributed by atoms with Gasteiger partial charge in [-0.2, -0.15) is 0 Å². The summed E-state index contributed by atoms with van der Waals surface area (Å²) < 4.78 is 23.9. The monoisotopic (exact) mass is 297 g/mol. The van der Waals surface area contributed by atoms with Crippen LogP contribution in [0.3, 0.4) is 0 Å². The van der Waals surface area contributed by atoms with Crippen LogP contribution in [0.15, 0.2) is 18.2 Å². The number of ether oxygens (including phenoxy) is 2. The molecule has 1 rings (SSSR count). The number of hydrogen-bond acceptors (Lipinski definition) is 4. The molecule has 6 heteroatoms. The first-order valence-corrected chi connectivity index (χ1v) is 6.44. The first-order valence-electron chi connectivity index (χ1n) is 6.44. The minimum absolute atomic E-state index is 0.0648.